The van der Waals surface area contributed by atoms with Gasteiger partial charge in [-0.1, -0.05) is 44.7 Å². The number of aliphatic imine (C=N–C) groups is 1. The molecule has 3 rings (SSSR count). The van der Waals surface area contributed by atoms with Crippen molar-refractivity contribution in [2.24, 2.45) is 28.3 Å². The van der Waals surface area contributed by atoms with E-state index in [4.69, 9.17) is 16.6 Å². The predicted octanol–water partition coefficient (Wildman–Crippen LogP) is 2.66. The van der Waals surface area contributed by atoms with Crippen LogP contribution in [-0.2, 0) is 26.0 Å². The normalized spacial score (nSPS) is 18.4. The number of carbonyl (C=O) groups is 2. The highest BCUT2D eigenvalue weighted by molar-refractivity contribution is 7.89. The summed E-state index contributed by atoms with van der Waals surface area (Å²) < 4.78 is 29.9. The first-order valence-corrected chi connectivity index (χ1v) is 16.0. The molecule has 7 N–H and O–H groups in total. The first-order chi connectivity index (χ1) is 19.1. The number of carboxylic acid groups (broad SMARTS) is 1. The Kier molecular flexibility index (Phi) is 12.1. The van der Waals surface area contributed by atoms with E-state index in [1.807, 2.05) is 6.07 Å². The molecule has 1 unspecified atom stereocenters. The van der Waals surface area contributed by atoms with Crippen LogP contribution in [0.4, 0.5) is 5.69 Å². The summed E-state index contributed by atoms with van der Waals surface area (Å²) in [4.78, 5) is 30.2. The number of nitrogens with zero attached hydrogens (tertiary/aromatic N) is 2. The molecule has 12 heteroatoms. The number of benzene rings is 1. The number of amides is 1. The summed E-state index contributed by atoms with van der Waals surface area (Å²) in [5, 5.41) is 12.0. The van der Waals surface area contributed by atoms with Gasteiger partial charge in [-0.3, -0.25) is 14.6 Å². The monoisotopic (exact) mass is 578 g/mol. The van der Waals surface area contributed by atoms with Gasteiger partial charge in [0.25, 0.3) is 0 Å². The van der Waals surface area contributed by atoms with Crippen molar-refractivity contribution in [2.75, 3.05) is 31.5 Å². The lowest BCUT2D eigenvalue weighted by Gasteiger charge is -2.34. The van der Waals surface area contributed by atoms with Gasteiger partial charge in [0, 0.05) is 32.6 Å². The fourth-order valence-electron chi connectivity index (χ4n) is 5.61. The van der Waals surface area contributed by atoms with Gasteiger partial charge in [0.15, 0.2) is 5.96 Å². The van der Waals surface area contributed by atoms with Gasteiger partial charge in [0.2, 0.25) is 15.9 Å². The molecule has 0 bridgehead atoms. The second kappa shape index (κ2) is 15.2. The van der Waals surface area contributed by atoms with Crippen molar-refractivity contribution in [3.63, 3.8) is 0 Å². The lowest BCUT2D eigenvalue weighted by Crippen LogP contribution is -2.50. The smallest absolute Gasteiger partial charge is 0.303 e. The minimum absolute atomic E-state index is 0.0383. The molecule has 1 aromatic rings. The maximum atomic E-state index is 13.6. The van der Waals surface area contributed by atoms with E-state index in [1.54, 1.807) is 17.0 Å². The number of nitrogens with one attached hydrogen (secondary N) is 2. The molecule has 0 radical (unpaired) electrons. The number of guanidine groups is 1. The van der Waals surface area contributed by atoms with Gasteiger partial charge in [-0.05, 0) is 62.0 Å². The zero-order chi connectivity index (χ0) is 29.1. The van der Waals surface area contributed by atoms with E-state index >= 15 is 0 Å². The van der Waals surface area contributed by atoms with Crippen molar-refractivity contribution in [3.05, 3.63) is 23.8 Å². The summed E-state index contributed by atoms with van der Waals surface area (Å²) in [5.41, 5.74) is 12.4. The summed E-state index contributed by atoms with van der Waals surface area (Å²) in [6, 6.07) is 4.36. The number of carbonyl (C=O) groups excluding carboxylic acids is 1. The maximum Gasteiger partial charge on any atom is 0.303 e. The Balaban J connectivity index is 1.61. The standard InChI is InChI=1S/C28H46N6O5S/c1-20-18-22-9-6-11-24(26(22)32-19-20)40(38,39)33-23(10-7-15-31-28(29)30)27(37)34-16-13-21(14-17-34)8-4-2-3-5-12-25(35)36/h6,9,11,20-21,23,32-33H,2-5,7-8,10,12-19H2,1H3,(H,35,36)(H4,29,30,31)/t20-,23?/m0/s1. The average molecular weight is 579 g/mol. The van der Waals surface area contributed by atoms with Crippen molar-refractivity contribution in [1.82, 2.24) is 9.62 Å². The molecule has 1 saturated heterocycles. The summed E-state index contributed by atoms with van der Waals surface area (Å²) >= 11 is 0. The maximum absolute atomic E-state index is 13.6. The molecule has 11 nitrogen and oxygen atoms in total. The minimum Gasteiger partial charge on any atom is -0.481 e. The number of hydrogen-bond acceptors (Lipinski definition) is 6. The van der Waals surface area contributed by atoms with Crippen LogP contribution in [0, 0.1) is 11.8 Å². The number of anilines is 1. The van der Waals surface area contributed by atoms with Crippen LogP contribution in [0.15, 0.2) is 28.1 Å². The number of sulfonamides is 1. The van der Waals surface area contributed by atoms with Crippen LogP contribution >= 0.6 is 0 Å². The van der Waals surface area contributed by atoms with Crippen LogP contribution in [0.25, 0.3) is 0 Å². The van der Waals surface area contributed by atoms with Gasteiger partial charge in [-0.25, -0.2) is 8.42 Å². The molecular weight excluding hydrogens is 532 g/mol. The largest absolute Gasteiger partial charge is 0.481 e. The molecule has 2 atom stereocenters. The first kappa shape index (κ1) is 31.7. The third-order valence-corrected chi connectivity index (χ3v) is 9.33. The van der Waals surface area contributed by atoms with Gasteiger partial charge >= 0.3 is 5.97 Å². The van der Waals surface area contributed by atoms with E-state index in [0.29, 0.717) is 56.5 Å². The Hall–Kier alpha value is -2.86. The fourth-order valence-corrected chi connectivity index (χ4v) is 7.06. The topological polar surface area (TPSA) is 180 Å². The van der Waals surface area contributed by atoms with Gasteiger partial charge in [-0.2, -0.15) is 4.72 Å². The van der Waals surface area contributed by atoms with Crippen molar-refractivity contribution in [3.8, 4) is 0 Å². The second-order valence-corrected chi connectivity index (χ2v) is 12.9. The highest BCUT2D eigenvalue weighted by Crippen LogP contribution is 2.31. The zero-order valence-corrected chi connectivity index (χ0v) is 24.4. The number of para-hydroxylation sites is 1. The Morgan fingerprint density at radius 1 is 1.15 bits per heavy atom. The van der Waals surface area contributed by atoms with E-state index in [0.717, 1.165) is 50.5 Å². The number of carboxylic acids is 1. The SMILES string of the molecule is C[C@@H]1CNc2c(cccc2S(=O)(=O)NC(CCCN=C(N)N)C(=O)N2CCC(CCCCCCC(=O)O)CC2)C1. The van der Waals surface area contributed by atoms with Crippen LogP contribution in [-0.4, -0.2) is 68.5 Å². The molecule has 0 aromatic heterocycles. The number of nitrogens with two attached hydrogens (primary N) is 2. The van der Waals surface area contributed by atoms with Crippen LogP contribution in [0.1, 0.15) is 76.7 Å². The molecule has 1 aromatic carbocycles. The zero-order valence-electron chi connectivity index (χ0n) is 23.6. The minimum atomic E-state index is -3.97. The molecule has 0 aliphatic carbocycles. The van der Waals surface area contributed by atoms with Gasteiger partial charge in [-0.15, -0.1) is 0 Å². The Bertz CT molecular complexity index is 1130. The Morgan fingerprint density at radius 3 is 2.58 bits per heavy atom. The quantitative estimate of drug-likeness (QED) is 0.120. The van der Waals surface area contributed by atoms with Crippen LogP contribution in [0.3, 0.4) is 0 Å². The molecular formula is C28H46N6O5S. The number of aliphatic carboxylic acids is 1. The summed E-state index contributed by atoms with van der Waals surface area (Å²) in [7, 11) is -3.97. The summed E-state index contributed by atoms with van der Waals surface area (Å²) in [6.45, 7) is 4.30. The number of piperidine rings is 1. The average Bonchev–Trinajstić information content (AvgIpc) is 2.91. The molecule has 1 fully saturated rings. The van der Waals surface area contributed by atoms with E-state index < -0.39 is 22.0 Å². The van der Waals surface area contributed by atoms with Crippen LogP contribution < -0.4 is 21.5 Å². The number of hydrogen-bond donors (Lipinski definition) is 5. The van der Waals surface area contributed by atoms with Gasteiger partial charge in [0.1, 0.15) is 10.9 Å². The third kappa shape index (κ3) is 9.65. The lowest BCUT2D eigenvalue weighted by atomic mass is 9.90. The van der Waals surface area contributed by atoms with Crippen molar-refractivity contribution < 1.29 is 23.1 Å². The van der Waals surface area contributed by atoms with Gasteiger partial charge in [0.05, 0.1) is 5.69 Å². The van der Waals surface area contributed by atoms with E-state index in [2.05, 4.69) is 22.0 Å². The number of rotatable bonds is 15. The Morgan fingerprint density at radius 2 is 1.88 bits per heavy atom. The summed E-state index contributed by atoms with van der Waals surface area (Å²) in [6.07, 6.45) is 8.28. The van der Waals surface area contributed by atoms with E-state index in [1.165, 1.54) is 0 Å². The predicted molar refractivity (Wildman–Crippen MR) is 156 cm³/mol. The molecule has 1 amide bonds. The molecule has 0 saturated carbocycles. The Labute approximate surface area is 238 Å². The molecule has 2 aliphatic heterocycles. The molecule has 2 heterocycles. The molecule has 40 heavy (non-hydrogen) atoms. The van der Waals surface area contributed by atoms with Crippen molar-refractivity contribution >= 4 is 33.5 Å². The molecule has 0 spiro atoms. The van der Waals surface area contributed by atoms with Crippen molar-refractivity contribution in [1.29, 1.82) is 0 Å². The number of unbranched alkanes of at least 4 members (excludes halogenated alkanes) is 3. The first-order valence-electron chi connectivity index (χ1n) is 14.5. The van der Waals surface area contributed by atoms with Crippen LogP contribution in [0.2, 0.25) is 0 Å². The van der Waals surface area contributed by atoms with Crippen LogP contribution in [0.5, 0.6) is 0 Å². The number of fused-ring (bicyclic) bond motifs is 1. The third-order valence-electron chi connectivity index (χ3n) is 7.82. The highest BCUT2D eigenvalue weighted by Gasteiger charge is 2.33. The number of likely N-dealkylation sites (tertiary alicyclic amines) is 1. The fraction of sp³-hybridized carbons (Fsp3) is 0.679. The van der Waals surface area contributed by atoms with Gasteiger partial charge < -0.3 is 26.8 Å². The lowest BCUT2D eigenvalue weighted by molar-refractivity contribution is -0.137. The van der Waals surface area contributed by atoms with E-state index in [-0.39, 0.29) is 29.6 Å². The molecule has 224 valence electrons. The van der Waals surface area contributed by atoms with Crippen molar-refractivity contribution in [2.45, 2.75) is 88.5 Å². The summed E-state index contributed by atoms with van der Waals surface area (Å²) in [5.74, 6) is -0.0771. The van der Waals surface area contributed by atoms with E-state index in [9.17, 15) is 18.0 Å². The highest BCUT2D eigenvalue weighted by atomic mass is 32.2. The molecule has 2 aliphatic rings. The second-order valence-electron chi connectivity index (χ2n) is 11.2.